The maximum Gasteiger partial charge on any atom is 0.290 e. The third kappa shape index (κ3) is 2.80. The number of carbonyl (C=O) groups is 2. The highest BCUT2D eigenvalue weighted by atomic mass is 16.2. The average molecular weight is 211 g/mol. The largest absolute Gasteiger partial charge is 0.331 e. The van der Waals surface area contributed by atoms with Crippen LogP contribution in [0.1, 0.15) is 47.5 Å². The van der Waals surface area contributed by atoms with Gasteiger partial charge in [-0.15, -0.1) is 0 Å². The van der Waals surface area contributed by atoms with E-state index in [1.54, 1.807) is 4.90 Å². The van der Waals surface area contributed by atoms with E-state index in [0.29, 0.717) is 13.0 Å². The van der Waals surface area contributed by atoms with E-state index in [2.05, 4.69) is 20.8 Å². The van der Waals surface area contributed by atoms with Crippen molar-refractivity contribution in [3.8, 4) is 0 Å². The van der Waals surface area contributed by atoms with Gasteiger partial charge in [0.1, 0.15) is 0 Å². The van der Waals surface area contributed by atoms with Gasteiger partial charge in [0.15, 0.2) is 0 Å². The molecule has 1 fully saturated rings. The van der Waals surface area contributed by atoms with Gasteiger partial charge in [-0.05, 0) is 25.7 Å². The van der Waals surface area contributed by atoms with Crippen LogP contribution in [0, 0.1) is 5.41 Å². The number of likely N-dealkylation sites (tertiary alicyclic amines) is 1. The zero-order chi connectivity index (χ0) is 11.9. The van der Waals surface area contributed by atoms with E-state index in [1.807, 2.05) is 13.8 Å². The number of amides is 1. The molecule has 1 saturated heterocycles. The maximum absolute atomic E-state index is 11.6. The SMILES string of the molecule is CC(C)(C)CC(C)(C)N1CCC(=O)C1=O. The van der Waals surface area contributed by atoms with Crippen LogP contribution in [-0.4, -0.2) is 28.7 Å². The van der Waals surface area contributed by atoms with E-state index < -0.39 is 0 Å². The smallest absolute Gasteiger partial charge is 0.290 e. The molecule has 86 valence electrons. The molecule has 0 aromatic rings. The summed E-state index contributed by atoms with van der Waals surface area (Å²) in [4.78, 5) is 24.5. The van der Waals surface area contributed by atoms with E-state index in [1.165, 1.54) is 0 Å². The van der Waals surface area contributed by atoms with Crippen molar-refractivity contribution in [2.24, 2.45) is 5.41 Å². The fourth-order valence-corrected chi connectivity index (χ4v) is 2.54. The zero-order valence-corrected chi connectivity index (χ0v) is 10.4. The minimum atomic E-state index is -0.302. The average Bonchev–Trinajstić information content (AvgIpc) is 2.27. The summed E-state index contributed by atoms with van der Waals surface area (Å²) in [7, 11) is 0. The first-order valence-corrected chi connectivity index (χ1v) is 5.48. The van der Waals surface area contributed by atoms with Crippen molar-refractivity contribution in [3.63, 3.8) is 0 Å². The maximum atomic E-state index is 11.6. The van der Waals surface area contributed by atoms with Crippen molar-refractivity contribution in [3.05, 3.63) is 0 Å². The van der Waals surface area contributed by atoms with E-state index in [4.69, 9.17) is 0 Å². The van der Waals surface area contributed by atoms with Crippen molar-refractivity contribution in [1.29, 1.82) is 0 Å². The van der Waals surface area contributed by atoms with Crippen molar-refractivity contribution in [2.75, 3.05) is 6.54 Å². The van der Waals surface area contributed by atoms with Gasteiger partial charge in [0, 0.05) is 18.5 Å². The predicted molar refractivity (Wildman–Crippen MR) is 59.5 cm³/mol. The fraction of sp³-hybridized carbons (Fsp3) is 0.833. The second-order valence-electron chi connectivity index (χ2n) is 6.18. The van der Waals surface area contributed by atoms with Gasteiger partial charge in [-0.3, -0.25) is 9.59 Å². The molecule has 0 radical (unpaired) electrons. The molecule has 0 saturated carbocycles. The molecule has 15 heavy (non-hydrogen) atoms. The summed E-state index contributed by atoms with van der Waals surface area (Å²) in [5, 5.41) is 0. The van der Waals surface area contributed by atoms with Gasteiger partial charge in [-0.2, -0.15) is 0 Å². The van der Waals surface area contributed by atoms with Crippen molar-refractivity contribution < 1.29 is 9.59 Å². The molecule has 0 aromatic heterocycles. The molecule has 0 aromatic carbocycles. The highest BCUT2D eigenvalue weighted by molar-refractivity contribution is 6.38. The summed E-state index contributed by atoms with van der Waals surface area (Å²) in [6, 6.07) is 0. The minimum Gasteiger partial charge on any atom is -0.331 e. The number of Topliss-reactive ketones (excluding diaryl/α,β-unsaturated/α-hetero) is 1. The first kappa shape index (κ1) is 12.2. The molecule has 1 amide bonds. The molecule has 1 aliphatic heterocycles. The van der Waals surface area contributed by atoms with Crippen molar-refractivity contribution in [2.45, 2.75) is 53.0 Å². The quantitative estimate of drug-likeness (QED) is 0.655. The first-order chi connectivity index (χ1) is 6.63. The third-order valence-corrected chi connectivity index (χ3v) is 2.74. The Labute approximate surface area is 91.8 Å². The molecule has 0 atom stereocenters. The molecule has 3 nitrogen and oxygen atoms in total. The van der Waals surface area contributed by atoms with Crippen LogP contribution in [0.15, 0.2) is 0 Å². The molecule has 3 heteroatoms. The molecule has 0 bridgehead atoms. The molecule has 1 rings (SSSR count). The van der Waals surface area contributed by atoms with E-state index in [-0.39, 0.29) is 22.6 Å². The Morgan fingerprint density at radius 3 is 2.00 bits per heavy atom. The summed E-state index contributed by atoms with van der Waals surface area (Å²) < 4.78 is 0. The van der Waals surface area contributed by atoms with E-state index in [0.717, 1.165) is 6.42 Å². The number of nitrogens with zero attached hydrogens (tertiary/aromatic N) is 1. The number of ketones is 1. The Morgan fingerprint density at radius 1 is 1.13 bits per heavy atom. The van der Waals surface area contributed by atoms with Crippen LogP contribution in [-0.2, 0) is 9.59 Å². The second kappa shape index (κ2) is 3.62. The monoisotopic (exact) mass is 211 g/mol. The van der Waals surface area contributed by atoms with Crippen LogP contribution in [0.2, 0.25) is 0 Å². The Morgan fingerprint density at radius 2 is 1.67 bits per heavy atom. The molecule has 1 heterocycles. The lowest BCUT2D eigenvalue weighted by molar-refractivity contribution is -0.143. The molecular weight excluding hydrogens is 190 g/mol. The number of hydrogen-bond acceptors (Lipinski definition) is 2. The summed E-state index contributed by atoms with van der Waals surface area (Å²) in [5.74, 6) is -0.541. The lowest BCUT2D eigenvalue weighted by atomic mass is 9.81. The molecule has 0 aliphatic carbocycles. The lowest BCUT2D eigenvalue weighted by Gasteiger charge is -2.39. The Kier molecular flexibility index (Phi) is 2.94. The molecular formula is C12H21NO2. The molecule has 0 N–H and O–H groups in total. The summed E-state index contributed by atoms with van der Waals surface area (Å²) in [6.07, 6.45) is 1.28. The predicted octanol–water partition coefficient (Wildman–Crippen LogP) is 2.00. The lowest BCUT2D eigenvalue weighted by Crippen LogP contribution is -2.47. The van der Waals surface area contributed by atoms with Crippen molar-refractivity contribution in [1.82, 2.24) is 4.90 Å². The van der Waals surface area contributed by atoms with Crippen LogP contribution in [0.4, 0.5) is 0 Å². The van der Waals surface area contributed by atoms with Gasteiger partial charge in [0.25, 0.3) is 5.91 Å². The van der Waals surface area contributed by atoms with E-state index in [9.17, 15) is 9.59 Å². The fourth-order valence-electron chi connectivity index (χ4n) is 2.54. The van der Waals surface area contributed by atoms with Crippen LogP contribution in [0.5, 0.6) is 0 Å². The van der Waals surface area contributed by atoms with Gasteiger partial charge in [0.05, 0.1) is 0 Å². The Balaban J connectivity index is 2.78. The molecule has 1 aliphatic rings. The van der Waals surface area contributed by atoms with E-state index >= 15 is 0 Å². The normalized spacial score (nSPS) is 18.9. The minimum absolute atomic E-state index is 0.162. The summed E-state index contributed by atoms with van der Waals surface area (Å²) >= 11 is 0. The second-order valence-corrected chi connectivity index (χ2v) is 6.18. The number of carbonyl (C=O) groups excluding carboxylic acids is 2. The molecule has 0 unspecified atom stereocenters. The topological polar surface area (TPSA) is 37.4 Å². The van der Waals surface area contributed by atoms with Gasteiger partial charge < -0.3 is 4.90 Å². The van der Waals surface area contributed by atoms with Crippen LogP contribution < -0.4 is 0 Å². The number of rotatable bonds is 2. The van der Waals surface area contributed by atoms with Crippen LogP contribution >= 0.6 is 0 Å². The standard InChI is InChI=1S/C12H21NO2/c1-11(2,3)8-12(4,5)13-7-6-9(14)10(13)15/h6-8H2,1-5H3. The highest BCUT2D eigenvalue weighted by Gasteiger charge is 2.40. The molecule has 0 spiro atoms. The Bertz CT molecular complexity index is 286. The summed E-state index contributed by atoms with van der Waals surface area (Å²) in [6.45, 7) is 11.1. The van der Waals surface area contributed by atoms with Gasteiger partial charge in [-0.1, -0.05) is 20.8 Å². The zero-order valence-electron chi connectivity index (χ0n) is 10.4. The third-order valence-electron chi connectivity index (χ3n) is 2.74. The summed E-state index contributed by atoms with van der Waals surface area (Å²) in [5.41, 5.74) is -0.0586. The van der Waals surface area contributed by atoms with Crippen LogP contribution in [0.25, 0.3) is 0 Å². The first-order valence-electron chi connectivity index (χ1n) is 5.48. The van der Waals surface area contributed by atoms with Gasteiger partial charge in [0.2, 0.25) is 5.78 Å². The van der Waals surface area contributed by atoms with Crippen LogP contribution in [0.3, 0.4) is 0 Å². The van der Waals surface area contributed by atoms with Gasteiger partial charge >= 0.3 is 0 Å². The highest BCUT2D eigenvalue weighted by Crippen LogP contribution is 2.32. The Hall–Kier alpha value is -0.860. The van der Waals surface area contributed by atoms with Crippen molar-refractivity contribution >= 4 is 11.7 Å². The van der Waals surface area contributed by atoms with Gasteiger partial charge in [-0.25, -0.2) is 0 Å². The number of hydrogen-bond donors (Lipinski definition) is 0.